The van der Waals surface area contributed by atoms with Crippen molar-refractivity contribution in [2.45, 2.75) is 25.7 Å². The van der Waals surface area contributed by atoms with Crippen LogP contribution in [-0.2, 0) is 4.79 Å². The van der Waals surface area contributed by atoms with E-state index in [1.54, 1.807) is 12.1 Å². The summed E-state index contributed by atoms with van der Waals surface area (Å²) in [5, 5.41) is 0.739. The van der Waals surface area contributed by atoms with Gasteiger partial charge in [-0.15, -0.1) is 0 Å². The lowest BCUT2D eigenvalue weighted by Crippen LogP contribution is -1.89. The zero-order chi connectivity index (χ0) is 12.5. The average Bonchev–Trinajstić information content (AvgIpc) is 2.67. The van der Waals surface area contributed by atoms with Gasteiger partial charge in [-0.3, -0.25) is 4.79 Å². The molecule has 0 saturated carbocycles. The Hall–Kier alpha value is -1.90. The molecule has 0 amide bonds. The van der Waals surface area contributed by atoms with E-state index < -0.39 is 0 Å². The highest BCUT2D eigenvalue weighted by molar-refractivity contribution is 5.97. The third kappa shape index (κ3) is 1.96. The molecule has 18 heavy (non-hydrogen) atoms. The molecular formula is C15H13FO2. The number of halogens is 1. The second kappa shape index (κ2) is 4.41. The number of carbonyl (C=O) groups excluding carboxylic acids is 1. The van der Waals surface area contributed by atoms with Crippen LogP contribution < -0.4 is 0 Å². The first-order valence-electron chi connectivity index (χ1n) is 6.16. The molecule has 3 rings (SSSR count). The van der Waals surface area contributed by atoms with Gasteiger partial charge < -0.3 is 4.42 Å². The minimum absolute atomic E-state index is 0.128. The Morgan fingerprint density at radius 1 is 1.17 bits per heavy atom. The second-order valence-corrected chi connectivity index (χ2v) is 4.61. The Morgan fingerprint density at radius 2 is 2.00 bits per heavy atom. The van der Waals surface area contributed by atoms with Gasteiger partial charge in [-0.1, -0.05) is 12.1 Å². The lowest BCUT2D eigenvalue weighted by Gasteiger charge is -1.99. The van der Waals surface area contributed by atoms with Crippen molar-refractivity contribution < 1.29 is 13.6 Å². The summed E-state index contributed by atoms with van der Waals surface area (Å²) in [7, 11) is 0. The van der Waals surface area contributed by atoms with E-state index in [0.717, 1.165) is 30.2 Å². The van der Waals surface area contributed by atoms with E-state index in [2.05, 4.69) is 0 Å². The number of para-hydroxylation sites is 1. The van der Waals surface area contributed by atoms with Gasteiger partial charge in [-0.25, -0.2) is 4.39 Å². The maximum atomic E-state index is 13.5. The fraction of sp³-hybridized carbons (Fsp3) is 0.267. The number of ketones is 1. The Kier molecular flexibility index (Phi) is 2.74. The first-order chi connectivity index (χ1) is 8.74. The van der Waals surface area contributed by atoms with Gasteiger partial charge in [0.05, 0.1) is 0 Å². The second-order valence-electron chi connectivity index (χ2n) is 4.61. The number of benzene rings is 1. The number of carbonyl (C=O) groups is 1. The normalized spacial score (nSPS) is 16.7. The van der Waals surface area contributed by atoms with Crippen LogP contribution in [0.1, 0.15) is 31.4 Å². The summed E-state index contributed by atoms with van der Waals surface area (Å²) in [6.45, 7) is 0. The fourth-order valence-corrected chi connectivity index (χ4v) is 2.33. The van der Waals surface area contributed by atoms with Crippen LogP contribution in [0.15, 0.2) is 34.8 Å². The monoisotopic (exact) mass is 244 g/mol. The number of furan rings is 1. The maximum absolute atomic E-state index is 13.5. The summed E-state index contributed by atoms with van der Waals surface area (Å²) < 4.78 is 19.1. The summed E-state index contributed by atoms with van der Waals surface area (Å²) in [5.41, 5.74) is 1.15. The summed E-state index contributed by atoms with van der Waals surface area (Å²) in [5.74, 6) is 0.382. The molecule has 1 aliphatic carbocycles. The Balaban J connectivity index is 2.08. The van der Waals surface area contributed by atoms with Gasteiger partial charge in [0.1, 0.15) is 5.76 Å². The molecule has 1 aromatic carbocycles. The van der Waals surface area contributed by atoms with Gasteiger partial charge in [0.2, 0.25) is 0 Å². The van der Waals surface area contributed by atoms with Crippen LogP contribution in [-0.4, -0.2) is 5.78 Å². The van der Waals surface area contributed by atoms with E-state index in [1.807, 2.05) is 12.1 Å². The van der Waals surface area contributed by atoms with E-state index in [9.17, 15) is 9.18 Å². The third-order valence-electron chi connectivity index (χ3n) is 3.27. The van der Waals surface area contributed by atoms with Crippen LogP contribution in [0.3, 0.4) is 0 Å². The predicted molar refractivity (Wildman–Crippen MR) is 67.6 cm³/mol. The zero-order valence-electron chi connectivity index (χ0n) is 9.91. The largest absolute Gasteiger partial charge is 0.453 e. The highest BCUT2D eigenvalue weighted by Gasteiger charge is 2.15. The molecular weight excluding hydrogens is 231 g/mol. The molecule has 0 radical (unpaired) electrons. The first-order valence-corrected chi connectivity index (χ1v) is 6.16. The van der Waals surface area contributed by atoms with E-state index in [1.165, 1.54) is 6.07 Å². The van der Waals surface area contributed by atoms with Crippen LogP contribution >= 0.6 is 0 Å². The molecule has 2 nitrogen and oxygen atoms in total. The number of fused-ring (bicyclic) bond motifs is 1. The molecule has 0 fully saturated rings. The third-order valence-corrected chi connectivity index (χ3v) is 3.27. The molecule has 0 bridgehead atoms. The van der Waals surface area contributed by atoms with Gasteiger partial charge in [0, 0.05) is 11.8 Å². The van der Waals surface area contributed by atoms with Crippen molar-refractivity contribution in [1.82, 2.24) is 0 Å². The van der Waals surface area contributed by atoms with E-state index in [-0.39, 0.29) is 17.2 Å². The highest BCUT2D eigenvalue weighted by atomic mass is 19.1. The molecule has 2 aromatic rings. The highest BCUT2D eigenvalue weighted by Crippen LogP contribution is 2.30. The van der Waals surface area contributed by atoms with E-state index >= 15 is 0 Å². The predicted octanol–water partition coefficient (Wildman–Crippen LogP) is 4.10. The average molecular weight is 244 g/mol. The topological polar surface area (TPSA) is 30.2 Å². The molecule has 0 spiro atoms. The Morgan fingerprint density at radius 3 is 2.83 bits per heavy atom. The van der Waals surface area contributed by atoms with Crippen molar-refractivity contribution in [3.05, 3.63) is 41.9 Å². The molecule has 0 atom stereocenters. The first kappa shape index (κ1) is 11.2. The molecule has 0 unspecified atom stereocenters. The van der Waals surface area contributed by atoms with Crippen molar-refractivity contribution in [3.63, 3.8) is 0 Å². The minimum Gasteiger partial charge on any atom is -0.453 e. The summed E-state index contributed by atoms with van der Waals surface area (Å²) >= 11 is 0. The van der Waals surface area contributed by atoms with E-state index in [0.29, 0.717) is 12.2 Å². The summed E-state index contributed by atoms with van der Waals surface area (Å²) in [6.07, 6.45) is 4.93. The molecule has 3 heteroatoms. The van der Waals surface area contributed by atoms with Gasteiger partial charge in [0.15, 0.2) is 17.2 Å². The lowest BCUT2D eigenvalue weighted by molar-refractivity contribution is -0.114. The van der Waals surface area contributed by atoms with Crippen molar-refractivity contribution in [1.29, 1.82) is 0 Å². The van der Waals surface area contributed by atoms with E-state index in [4.69, 9.17) is 4.42 Å². The molecule has 0 aliphatic heterocycles. The molecule has 1 heterocycles. The van der Waals surface area contributed by atoms with Crippen molar-refractivity contribution >= 4 is 22.3 Å². The fourth-order valence-electron chi connectivity index (χ4n) is 2.33. The van der Waals surface area contributed by atoms with Gasteiger partial charge in [-0.05, 0) is 43.0 Å². The lowest BCUT2D eigenvalue weighted by atomic mass is 10.1. The smallest absolute Gasteiger partial charge is 0.170 e. The van der Waals surface area contributed by atoms with Crippen LogP contribution in [0.25, 0.3) is 16.5 Å². The van der Waals surface area contributed by atoms with Gasteiger partial charge >= 0.3 is 0 Å². The molecule has 1 aromatic heterocycles. The van der Waals surface area contributed by atoms with Crippen LogP contribution in [0.2, 0.25) is 0 Å². The Labute approximate surface area is 104 Å². The van der Waals surface area contributed by atoms with Crippen LogP contribution in [0, 0.1) is 5.82 Å². The number of hydrogen-bond acceptors (Lipinski definition) is 2. The Bertz CT molecular complexity index is 637. The van der Waals surface area contributed by atoms with Gasteiger partial charge in [-0.2, -0.15) is 0 Å². The molecule has 92 valence electrons. The molecule has 0 saturated heterocycles. The SMILES string of the molecule is O=C1C=C(c2cc3cccc(F)c3o2)CCCC1. The quantitative estimate of drug-likeness (QED) is 0.756. The van der Waals surface area contributed by atoms with Crippen molar-refractivity contribution in [2.24, 2.45) is 0 Å². The molecule has 0 N–H and O–H groups in total. The number of hydrogen-bond donors (Lipinski definition) is 0. The van der Waals surface area contributed by atoms with Crippen molar-refractivity contribution in [3.8, 4) is 0 Å². The van der Waals surface area contributed by atoms with Crippen LogP contribution in [0.4, 0.5) is 4.39 Å². The van der Waals surface area contributed by atoms with Crippen molar-refractivity contribution in [2.75, 3.05) is 0 Å². The maximum Gasteiger partial charge on any atom is 0.170 e. The standard InChI is InChI=1S/C15H13FO2/c16-13-7-3-5-11-9-14(18-15(11)13)10-4-1-2-6-12(17)8-10/h3,5,7-9H,1-2,4,6H2. The van der Waals surface area contributed by atoms with Crippen LogP contribution in [0.5, 0.6) is 0 Å². The zero-order valence-corrected chi connectivity index (χ0v) is 9.91. The van der Waals surface area contributed by atoms with Gasteiger partial charge in [0.25, 0.3) is 0 Å². The minimum atomic E-state index is -0.362. The summed E-state index contributed by atoms with van der Waals surface area (Å²) in [4.78, 5) is 11.6. The number of allylic oxidation sites excluding steroid dienone is 2. The number of rotatable bonds is 1. The molecule has 1 aliphatic rings. The summed E-state index contributed by atoms with van der Waals surface area (Å²) in [6, 6.07) is 6.65.